The van der Waals surface area contributed by atoms with Crippen LogP contribution in [0.15, 0.2) is 30.5 Å². The van der Waals surface area contributed by atoms with Crippen molar-refractivity contribution in [3.8, 4) is 0 Å². The molecule has 0 aliphatic rings. The molecule has 0 atom stereocenters. The molecule has 2 rings (SSSR count). The predicted octanol–water partition coefficient (Wildman–Crippen LogP) is 1.50. The van der Waals surface area contributed by atoms with Crippen LogP contribution in [0.1, 0.15) is 12.5 Å². The molecule has 1 amide bonds. The zero-order valence-corrected chi connectivity index (χ0v) is 10.9. The maximum Gasteiger partial charge on any atom is 0.239 e. The largest absolute Gasteiger partial charge is 0.355 e. The van der Waals surface area contributed by atoms with Gasteiger partial charge in [-0.2, -0.15) is 0 Å². The predicted molar refractivity (Wildman–Crippen MR) is 73.4 cm³/mol. The van der Waals surface area contributed by atoms with E-state index in [-0.39, 0.29) is 5.91 Å². The van der Waals surface area contributed by atoms with Gasteiger partial charge >= 0.3 is 0 Å². The number of amides is 1. The van der Waals surface area contributed by atoms with Crippen molar-refractivity contribution < 1.29 is 4.79 Å². The molecule has 0 aliphatic carbocycles. The molecule has 0 spiro atoms. The summed E-state index contributed by atoms with van der Waals surface area (Å²) in [6.07, 6.45) is 1.97. The van der Waals surface area contributed by atoms with Crippen molar-refractivity contribution in [1.29, 1.82) is 0 Å². The maximum atomic E-state index is 11.6. The minimum atomic E-state index is 0.0500. The van der Waals surface area contributed by atoms with Gasteiger partial charge in [-0.3, -0.25) is 4.79 Å². The van der Waals surface area contributed by atoms with Gasteiger partial charge in [0.15, 0.2) is 0 Å². The Labute approximate surface area is 107 Å². The van der Waals surface area contributed by atoms with Gasteiger partial charge in [0.1, 0.15) is 6.54 Å². The Morgan fingerprint density at radius 1 is 1.33 bits per heavy atom. The Kier molecular flexibility index (Phi) is 3.99. The van der Waals surface area contributed by atoms with Gasteiger partial charge in [0, 0.05) is 30.2 Å². The van der Waals surface area contributed by atoms with Gasteiger partial charge in [0.25, 0.3) is 0 Å². The highest BCUT2D eigenvalue weighted by Crippen LogP contribution is 2.20. The second kappa shape index (κ2) is 5.69. The number of hydrogen-bond donors (Lipinski definition) is 2. The van der Waals surface area contributed by atoms with Gasteiger partial charge < -0.3 is 15.2 Å². The number of likely N-dealkylation sites (N-methyl/N-ethyl adjacent to an activating group) is 1. The Hall–Kier alpha value is -1.81. The van der Waals surface area contributed by atoms with Gasteiger partial charge in [-0.1, -0.05) is 12.1 Å². The average Bonchev–Trinajstić information content (AvgIpc) is 2.74. The first-order valence-corrected chi connectivity index (χ1v) is 6.24. The number of hydrogen-bond acceptors (Lipinski definition) is 2. The van der Waals surface area contributed by atoms with Crippen LogP contribution in [0.5, 0.6) is 0 Å². The molecular weight excluding hydrogens is 226 g/mol. The van der Waals surface area contributed by atoms with Gasteiger partial charge in [0.05, 0.1) is 0 Å². The van der Waals surface area contributed by atoms with E-state index in [1.165, 1.54) is 10.9 Å². The number of benzene rings is 1. The Morgan fingerprint density at radius 3 is 2.89 bits per heavy atom. The molecule has 2 N–H and O–H groups in total. The van der Waals surface area contributed by atoms with Crippen molar-refractivity contribution in [2.45, 2.75) is 20.0 Å². The van der Waals surface area contributed by atoms with Crippen LogP contribution in [-0.4, -0.2) is 24.1 Å². The highest BCUT2D eigenvalue weighted by Gasteiger charge is 2.07. The molecule has 0 unspecified atom stereocenters. The molecule has 0 saturated heterocycles. The third kappa shape index (κ3) is 2.54. The van der Waals surface area contributed by atoms with Crippen LogP contribution in [0.2, 0.25) is 0 Å². The molecule has 0 fully saturated rings. The van der Waals surface area contributed by atoms with E-state index in [2.05, 4.69) is 22.8 Å². The minimum Gasteiger partial charge on any atom is -0.355 e. The molecule has 0 aliphatic heterocycles. The van der Waals surface area contributed by atoms with Crippen molar-refractivity contribution in [2.75, 3.05) is 13.6 Å². The lowest BCUT2D eigenvalue weighted by Crippen LogP contribution is -2.26. The van der Waals surface area contributed by atoms with Crippen molar-refractivity contribution in [3.05, 3.63) is 36.0 Å². The Balaban J connectivity index is 2.30. The van der Waals surface area contributed by atoms with E-state index >= 15 is 0 Å². The molecule has 0 bridgehead atoms. The number of carbonyl (C=O) groups is 1. The molecule has 2 aromatic rings. The highest BCUT2D eigenvalue weighted by molar-refractivity contribution is 5.85. The molecule has 0 radical (unpaired) electrons. The van der Waals surface area contributed by atoms with Crippen LogP contribution < -0.4 is 10.6 Å². The summed E-state index contributed by atoms with van der Waals surface area (Å²) < 4.78 is 1.99. The Bertz CT molecular complexity index is 545. The van der Waals surface area contributed by atoms with Crippen molar-refractivity contribution in [3.63, 3.8) is 0 Å². The van der Waals surface area contributed by atoms with Crippen LogP contribution in [0.3, 0.4) is 0 Å². The summed E-state index contributed by atoms with van der Waals surface area (Å²) in [7, 11) is 1.94. The van der Waals surface area contributed by atoms with E-state index < -0.39 is 0 Å². The second-order valence-corrected chi connectivity index (χ2v) is 4.28. The lowest BCUT2D eigenvalue weighted by molar-refractivity contribution is -0.121. The number of nitrogens with one attached hydrogen (secondary N) is 2. The molecular formula is C14H19N3O. The molecule has 0 saturated carbocycles. The summed E-state index contributed by atoms with van der Waals surface area (Å²) in [5, 5.41) is 7.18. The molecule has 4 heteroatoms. The van der Waals surface area contributed by atoms with E-state index in [0.717, 1.165) is 12.1 Å². The Morgan fingerprint density at radius 2 is 2.17 bits per heavy atom. The summed E-state index contributed by atoms with van der Waals surface area (Å²) in [4.78, 5) is 11.6. The summed E-state index contributed by atoms with van der Waals surface area (Å²) in [6.45, 7) is 3.81. The van der Waals surface area contributed by atoms with Gasteiger partial charge in [0.2, 0.25) is 5.91 Å². The first-order valence-electron chi connectivity index (χ1n) is 6.24. The maximum absolute atomic E-state index is 11.6. The van der Waals surface area contributed by atoms with E-state index in [4.69, 9.17) is 0 Å². The fraction of sp³-hybridized carbons (Fsp3) is 0.357. The molecule has 1 aromatic carbocycles. The van der Waals surface area contributed by atoms with Crippen LogP contribution in [0, 0.1) is 0 Å². The molecule has 1 aromatic heterocycles. The third-order valence-corrected chi connectivity index (χ3v) is 2.96. The third-order valence-electron chi connectivity index (χ3n) is 2.96. The van der Waals surface area contributed by atoms with Gasteiger partial charge in [-0.05, 0) is 31.7 Å². The van der Waals surface area contributed by atoms with Crippen molar-refractivity contribution in [2.24, 2.45) is 0 Å². The summed E-state index contributed by atoms with van der Waals surface area (Å²) in [5.74, 6) is 0.0500. The normalized spacial score (nSPS) is 10.8. The van der Waals surface area contributed by atoms with Crippen LogP contribution in [-0.2, 0) is 17.9 Å². The zero-order valence-electron chi connectivity index (χ0n) is 10.9. The van der Waals surface area contributed by atoms with Crippen LogP contribution in [0.4, 0.5) is 0 Å². The van der Waals surface area contributed by atoms with E-state index in [0.29, 0.717) is 13.1 Å². The zero-order chi connectivity index (χ0) is 13.0. The standard InChI is InChI=1S/C14H19N3O/c1-3-16-14(18)10-17-8-7-12-11(9-15-2)5-4-6-13(12)17/h4-8,15H,3,9-10H2,1-2H3,(H,16,18). The first kappa shape index (κ1) is 12.6. The number of aromatic nitrogens is 1. The SMILES string of the molecule is CCNC(=O)Cn1ccc2c(CNC)cccc21. The minimum absolute atomic E-state index is 0.0500. The van der Waals surface area contributed by atoms with Crippen LogP contribution in [0.25, 0.3) is 10.9 Å². The summed E-state index contributed by atoms with van der Waals surface area (Å²) in [5.41, 5.74) is 2.36. The topological polar surface area (TPSA) is 46.1 Å². The average molecular weight is 245 g/mol. The smallest absolute Gasteiger partial charge is 0.239 e. The number of fused-ring (bicyclic) bond motifs is 1. The number of carbonyl (C=O) groups excluding carboxylic acids is 1. The molecule has 18 heavy (non-hydrogen) atoms. The summed E-state index contributed by atoms with van der Waals surface area (Å²) in [6, 6.07) is 8.26. The molecule has 4 nitrogen and oxygen atoms in total. The van der Waals surface area contributed by atoms with Gasteiger partial charge in [-0.15, -0.1) is 0 Å². The van der Waals surface area contributed by atoms with Crippen LogP contribution >= 0.6 is 0 Å². The fourth-order valence-electron chi connectivity index (χ4n) is 2.18. The fourth-order valence-corrected chi connectivity index (χ4v) is 2.18. The summed E-state index contributed by atoms with van der Waals surface area (Å²) >= 11 is 0. The monoisotopic (exact) mass is 245 g/mol. The van der Waals surface area contributed by atoms with Gasteiger partial charge in [-0.25, -0.2) is 0 Å². The second-order valence-electron chi connectivity index (χ2n) is 4.28. The number of nitrogens with zero attached hydrogens (tertiary/aromatic N) is 1. The lowest BCUT2D eigenvalue weighted by atomic mass is 10.1. The van der Waals surface area contributed by atoms with E-state index in [1.807, 2.05) is 36.9 Å². The van der Waals surface area contributed by atoms with Crippen molar-refractivity contribution >= 4 is 16.8 Å². The molecule has 1 heterocycles. The van der Waals surface area contributed by atoms with E-state index in [1.54, 1.807) is 0 Å². The quantitative estimate of drug-likeness (QED) is 0.838. The highest BCUT2D eigenvalue weighted by atomic mass is 16.1. The van der Waals surface area contributed by atoms with Crippen molar-refractivity contribution in [1.82, 2.24) is 15.2 Å². The number of rotatable bonds is 5. The first-order chi connectivity index (χ1) is 8.76. The lowest BCUT2D eigenvalue weighted by Gasteiger charge is -2.07. The molecule has 96 valence electrons. The van der Waals surface area contributed by atoms with E-state index in [9.17, 15) is 4.79 Å².